The summed E-state index contributed by atoms with van der Waals surface area (Å²) in [5.74, 6) is 1.23. The summed E-state index contributed by atoms with van der Waals surface area (Å²) in [7, 11) is 0. The van der Waals surface area contributed by atoms with Crippen molar-refractivity contribution in [2.75, 3.05) is 18.5 Å². The highest BCUT2D eigenvalue weighted by Crippen LogP contribution is 2.26. The number of hydrogen-bond acceptors (Lipinski definition) is 3. The summed E-state index contributed by atoms with van der Waals surface area (Å²) in [5.41, 5.74) is 1.92. The molecule has 0 fully saturated rings. The number of amides is 1. The zero-order valence-corrected chi connectivity index (χ0v) is 14.9. The first-order valence-corrected chi connectivity index (χ1v) is 8.35. The molecule has 122 valence electrons. The molecule has 2 aromatic carbocycles. The van der Waals surface area contributed by atoms with Gasteiger partial charge in [0.25, 0.3) is 5.91 Å². The lowest BCUT2D eigenvalue weighted by atomic mass is 10.2. The molecule has 0 aromatic heterocycles. The Balaban J connectivity index is 1.87. The van der Waals surface area contributed by atoms with Gasteiger partial charge in [0.05, 0.1) is 11.1 Å². The van der Waals surface area contributed by atoms with Crippen LogP contribution < -0.4 is 14.8 Å². The molecule has 0 saturated carbocycles. The van der Waals surface area contributed by atoms with Crippen LogP contribution in [0.25, 0.3) is 0 Å². The van der Waals surface area contributed by atoms with Crippen molar-refractivity contribution in [3.63, 3.8) is 0 Å². The number of carbonyl (C=O) groups is 1. The topological polar surface area (TPSA) is 47.6 Å². The maximum Gasteiger partial charge on any atom is 0.262 e. The molecular formula is C18H20BrNO3. The van der Waals surface area contributed by atoms with Crippen molar-refractivity contribution >= 4 is 27.5 Å². The summed E-state index contributed by atoms with van der Waals surface area (Å²) in [4.78, 5) is 11.9. The molecule has 0 saturated heterocycles. The molecule has 4 nitrogen and oxygen atoms in total. The van der Waals surface area contributed by atoms with E-state index in [1.807, 2.05) is 37.3 Å². The van der Waals surface area contributed by atoms with Gasteiger partial charge in [-0.05, 0) is 71.2 Å². The van der Waals surface area contributed by atoms with Crippen LogP contribution in [0.15, 0.2) is 46.9 Å². The van der Waals surface area contributed by atoms with Crippen LogP contribution in [-0.4, -0.2) is 19.1 Å². The lowest BCUT2D eigenvalue weighted by Crippen LogP contribution is -2.20. The number of ether oxygens (including phenoxy) is 2. The van der Waals surface area contributed by atoms with Crippen molar-refractivity contribution in [1.82, 2.24) is 0 Å². The Morgan fingerprint density at radius 1 is 1.09 bits per heavy atom. The summed E-state index contributed by atoms with van der Waals surface area (Å²) >= 11 is 3.46. The van der Waals surface area contributed by atoms with Crippen LogP contribution in [-0.2, 0) is 11.2 Å². The van der Waals surface area contributed by atoms with Crippen molar-refractivity contribution in [3.05, 3.63) is 52.5 Å². The number of rotatable bonds is 7. The fourth-order valence-corrected chi connectivity index (χ4v) is 2.56. The number of benzene rings is 2. The first kappa shape index (κ1) is 17.3. The van der Waals surface area contributed by atoms with Crippen molar-refractivity contribution in [3.8, 4) is 11.5 Å². The third kappa shape index (κ3) is 5.28. The van der Waals surface area contributed by atoms with Crippen molar-refractivity contribution < 1.29 is 14.3 Å². The minimum absolute atomic E-state index is 0.0444. The van der Waals surface area contributed by atoms with Gasteiger partial charge in [-0.15, -0.1) is 0 Å². The van der Waals surface area contributed by atoms with Crippen LogP contribution in [0.1, 0.15) is 19.4 Å². The summed E-state index contributed by atoms with van der Waals surface area (Å²) < 4.78 is 11.8. The number of aryl methyl sites for hydroxylation is 1. The SMILES string of the molecule is CCOc1ccc(NC(=O)COc2ccc(CC)cc2Br)cc1. The second kappa shape index (κ2) is 8.58. The third-order valence-corrected chi connectivity index (χ3v) is 3.83. The molecule has 23 heavy (non-hydrogen) atoms. The standard InChI is InChI=1S/C18H20BrNO3/c1-3-13-5-10-17(16(19)11-13)23-12-18(21)20-14-6-8-15(9-7-14)22-4-2/h5-11H,3-4,12H2,1-2H3,(H,20,21). The largest absolute Gasteiger partial charge is 0.494 e. The maximum absolute atomic E-state index is 11.9. The molecule has 0 atom stereocenters. The van der Waals surface area contributed by atoms with E-state index in [0.29, 0.717) is 18.0 Å². The van der Waals surface area contributed by atoms with Gasteiger partial charge in [-0.25, -0.2) is 0 Å². The second-order valence-electron chi connectivity index (χ2n) is 4.91. The first-order chi connectivity index (χ1) is 11.1. The van der Waals surface area contributed by atoms with Crippen LogP contribution in [0.3, 0.4) is 0 Å². The predicted molar refractivity (Wildman–Crippen MR) is 95.3 cm³/mol. The highest BCUT2D eigenvalue weighted by molar-refractivity contribution is 9.10. The second-order valence-corrected chi connectivity index (χ2v) is 5.77. The van der Waals surface area contributed by atoms with Crippen LogP contribution in [0, 0.1) is 0 Å². The Labute approximate surface area is 144 Å². The number of nitrogens with one attached hydrogen (secondary N) is 1. The molecule has 0 spiro atoms. The quantitative estimate of drug-likeness (QED) is 0.776. The van der Waals surface area contributed by atoms with Crippen molar-refractivity contribution in [2.45, 2.75) is 20.3 Å². The number of hydrogen-bond donors (Lipinski definition) is 1. The van der Waals surface area contributed by atoms with Gasteiger partial charge in [-0.3, -0.25) is 4.79 Å². The summed E-state index contributed by atoms with van der Waals surface area (Å²) in [6, 6.07) is 13.1. The van der Waals surface area contributed by atoms with Crippen LogP contribution in [0.2, 0.25) is 0 Å². The molecule has 2 rings (SSSR count). The van der Waals surface area contributed by atoms with E-state index in [9.17, 15) is 4.79 Å². The molecule has 0 radical (unpaired) electrons. The van der Waals surface area contributed by atoms with E-state index in [1.165, 1.54) is 5.56 Å². The van der Waals surface area contributed by atoms with Gasteiger partial charge < -0.3 is 14.8 Å². The number of carbonyl (C=O) groups excluding carboxylic acids is 1. The van der Waals surface area contributed by atoms with Gasteiger partial charge in [0, 0.05) is 5.69 Å². The van der Waals surface area contributed by atoms with Gasteiger partial charge in [0.2, 0.25) is 0 Å². The molecule has 0 aliphatic carbocycles. The molecule has 5 heteroatoms. The number of anilines is 1. The molecular weight excluding hydrogens is 358 g/mol. The molecule has 2 aromatic rings. The van der Waals surface area contributed by atoms with E-state index in [4.69, 9.17) is 9.47 Å². The Bertz CT molecular complexity index is 656. The Hall–Kier alpha value is -2.01. The molecule has 0 unspecified atom stereocenters. The van der Waals surface area contributed by atoms with Gasteiger partial charge in [-0.2, -0.15) is 0 Å². The fourth-order valence-electron chi connectivity index (χ4n) is 2.02. The molecule has 1 amide bonds. The summed E-state index contributed by atoms with van der Waals surface area (Å²) in [6.45, 7) is 4.59. The molecule has 0 aliphatic rings. The average molecular weight is 378 g/mol. The molecule has 0 bridgehead atoms. The predicted octanol–water partition coefficient (Wildman–Crippen LogP) is 4.43. The van der Waals surface area contributed by atoms with Crippen LogP contribution in [0.5, 0.6) is 11.5 Å². The Morgan fingerprint density at radius 3 is 2.43 bits per heavy atom. The van der Waals surface area contributed by atoms with E-state index in [0.717, 1.165) is 16.6 Å². The van der Waals surface area contributed by atoms with Gasteiger partial charge >= 0.3 is 0 Å². The van der Waals surface area contributed by atoms with E-state index >= 15 is 0 Å². The van der Waals surface area contributed by atoms with E-state index < -0.39 is 0 Å². The highest BCUT2D eigenvalue weighted by Gasteiger charge is 2.07. The van der Waals surface area contributed by atoms with Gasteiger partial charge in [0.15, 0.2) is 6.61 Å². The smallest absolute Gasteiger partial charge is 0.262 e. The molecule has 0 aliphatic heterocycles. The van der Waals surface area contributed by atoms with E-state index in [-0.39, 0.29) is 12.5 Å². The first-order valence-electron chi connectivity index (χ1n) is 7.56. The molecule has 0 heterocycles. The average Bonchev–Trinajstić information content (AvgIpc) is 2.55. The summed E-state index contributed by atoms with van der Waals surface area (Å²) in [6.07, 6.45) is 0.955. The molecule has 1 N–H and O–H groups in total. The zero-order valence-electron chi connectivity index (χ0n) is 13.3. The summed E-state index contributed by atoms with van der Waals surface area (Å²) in [5, 5.41) is 2.79. The van der Waals surface area contributed by atoms with Crippen LogP contribution >= 0.6 is 15.9 Å². The maximum atomic E-state index is 11.9. The minimum Gasteiger partial charge on any atom is -0.494 e. The third-order valence-electron chi connectivity index (χ3n) is 3.21. The lowest BCUT2D eigenvalue weighted by molar-refractivity contribution is -0.118. The van der Waals surface area contributed by atoms with Crippen molar-refractivity contribution in [1.29, 1.82) is 0 Å². The van der Waals surface area contributed by atoms with Crippen LogP contribution in [0.4, 0.5) is 5.69 Å². The fraction of sp³-hybridized carbons (Fsp3) is 0.278. The Morgan fingerprint density at radius 2 is 1.83 bits per heavy atom. The minimum atomic E-state index is -0.208. The number of halogens is 1. The van der Waals surface area contributed by atoms with E-state index in [1.54, 1.807) is 12.1 Å². The lowest BCUT2D eigenvalue weighted by Gasteiger charge is -2.10. The zero-order chi connectivity index (χ0) is 16.7. The van der Waals surface area contributed by atoms with Gasteiger partial charge in [0.1, 0.15) is 11.5 Å². The Kier molecular flexibility index (Phi) is 6.47. The monoisotopic (exact) mass is 377 g/mol. The highest BCUT2D eigenvalue weighted by atomic mass is 79.9. The van der Waals surface area contributed by atoms with E-state index in [2.05, 4.69) is 28.2 Å². The normalized spacial score (nSPS) is 10.2. The van der Waals surface area contributed by atoms with Crippen molar-refractivity contribution in [2.24, 2.45) is 0 Å². The van der Waals surface area contributed by atoms with Gasteiger partial charge in [-0.1, -0.05) is 13.0 Å².